The number of carbonyl (C=O) groups excluding carboxylic acids is 3. The Balaban J connectivity index is 1.50. The maximum Gasteiger partial charge on any atom is 0.338 e. The van der Waals surface area contributed by atoms with Crippen LogP contribution in [0.1, 0.15) is 29.3 Å². The zero-order valence-corrected chi connectivity index (χ0v) is 15.7. The van der Waals surface area contributed by atoms with E-state index in [2.05, 4.69) is 10.6 Å². The first kappa shape index (κ1) is 19.4. The summed E-state index contributed by atoms with van der Waals surface area (Å²) >= 11 is 0. The van der Waals surface area contributed by atoms with Crippen molar-refractivity contribution in [1.82, 2.24) is 10.2 Å². The van der Waals surface area contributed by atoms with Gasteiger partial charge in [-0.1, -0.05) is 30.3 Å². The second-order valence-corrected chi connectivity index (χ2v) is 6.56. The highest BCUT2D eigenvalue weighted by Gasteiger charge is 2.30. The molecule has 1 aliphatic heterocycles. The number of esters is 1. The molecular weight excluding hydrogens is 358 g/mol. The Morgan fingerprint density at radius 1 is 1.11 bits per heavy atom. The number of likely N-dealkylation sites (tertiary alicyclic amines) is 1. The number of hydrogen-bond donors (Lipinski definition) is 2. The molecule has 0 bridgehead atoms. The number of nitrogens with one attached hydrogen (secondary N) is 2. The summed E-state index contributed by atoms with van der Waals surface area (Å²) in [6.07, 6.45) is 0.280. The SMILES string of the molecule is CCOC(=O)c1ccc(NC(=O)NC2CC(=O)N(Cc3ccccc3)C2)cc1. The number of urea groups is 1. The van der Waals surface area contributed by atoms with Crippen LogP contribution in [0.2, 0.25) is 0 Å². The van der Waals surface area contributed by atoms with Gasteiger partial charge in [-0.2, -0.15) is 0 Å². The fourth-order valence-corrected chi connectivity index (χ4v) is 3.08. The van der Waals surface area contributed by atoms with Crippen LogP contribution in [0.3, 0.4) is 0 Å². The van der Waals surface area contributed by atoms with E-state index in [1.54, 1.807) is 36.1 Å². The summed E-state index contributed by atoms with van der Waals surface area (Å²) in [6, 6.07) is 15.6. The standard InChI is InChI=1S/C21H23N3O4/c1-2-28-20(26)16-8-10-17(11-9-16)22-21(27)23-18-12-19(25)24(14-18)13-15-6-4-3-5-7-15/h3-11,18H,2,12-14H2,1H3,(H2,22,23,27). The minimum absolute atomic E-state index is 0.0212. The molecule has 28 heavy (non-hydrogen) atoms. The molecule has 1 heterocycles. The van der Waals surface area contributed by atoms with Crippen LogP contribution in [0.5, 0.6) is 0 Å². The lowest BCUT2D eigenvalue weighted by Gasteiger charge is -2.17. The fourth-order valence-electron chi connectivity index (χ4n) is 3.08. The molecule has 146 valence electrons. The van der Waals surface area contributed by atoms with Crippen molar-refractivity contribution in [3.05, 3.63) is 65.7 Å². The summed E-state index contributed by atoms with van der Waals surface area (Å²) < 4.78 is 4.93. The first-order valence-electron chi connectivity index (χ1n) is 9.21. The Morgan fingerprint density at radius 2 is 1.82 bits per heavy atom. The second-order valence-electron chi connectivity index (χ2n) is 6.56. The molecule has 1 unspecified atom stereocenters. The first-order valence-corrected chi connectivity index (χ1v) is 9.21. The van der Waals surface area contributed by atoms with Gasteiger partial charge in [0.1, 0.15) is 0 Å². The Bertz CT molecular complexity index is 836. The van der Waals surface area contributed by atoms with Crippen molar-refractivity contribution in [1.29, 1.82) is 0 Å². The summed E-state index contributed by atoms with van der Waals surface area (Å²) in [6.45, 7) is 3.06. The van der Waals surface area contributed by atoms with Crippen LogP contribution in [0.25, 0.3) is 0 Å². The Hall–Kier alpha value is -3.35. The smallest absolute Gasteiger partial charge is 0.338 e. The number of benzene rings is 2. The highest BCUT2D eigenvalue weighted by atomic mass is 16.5. The number of ether oxygens (including phenoxy) is 1. The molecule has 3 rings (SSSR count). The quantitative estimate of drug-likeness (QED) is 0.753. The maximum absolute atomic E-state index is 12.2. The van der Waals surface area contributed by atoms with E-state index in [0.29, 0.717) is 30.9 Å². The van der Waals surface area contributed by atoms with E-state index in [1.165, 1.54) is 0 Å². The van der Waals surface area contributed by atoms with Crippen LogP contribution in [-0.4, -0.2) is 42.0 Å². The van der Waals surface area contributed by atoms with Crippen LogP contribution in [0.15, 0.2) is 54.6 Å². The van der Waals surface area contributed by atoms with Gasteiger partial charge < -0.3 is 20.3 Å². The number of carbonyl (C=O) groups is 3. The van der Waals surface area contributed by atoms with Gasteiger partial charge in [0, 0.05) is 25.2 Å². The molecule has 0 radical (unpaired) electrons. The summed E-state index contributed by atoms with van der Waals surface area (Å²) in [5, 5.41) is 5.54. The predicted octanol–water partition coefficient (Wildman–Crippen LogP) is 2.79. The van der Waals surface area contributed by atoms with Crippen molar-refractivity contribution < 1.29 is 19.1 Å². The van der Waals surface area contributed by atoms with Crippen molar-refractivity contribution in [3.8, 4) is 0 Å². The molecule has 2 aromatic carbocycles. The van der Waals surface area contributed by atoms with Gasteiger partial charge in [0.15, 0.2) is 0 Å². The topological polar surface area (TPSA) is 87.7 Å². The number of nitrogens with zero attached hydrogens (tertiary/aromatic N) is 1. The van der Waals surface area contributed by atoms with Crippen LogP contribution >= 0.6 is 0 Å². The van der Waals surface area contributed by atoms with Gasteiger partial charge >= 0.3 is 12.0 Å². The minimum Gasteiger partial charge on any atom is -0.462 e. The van der Waals surface area contributed by atoms with Gasteiger partial charge in [0.2, 0.25) is 5.91 Å². The third-order valence-electron chi connectivity index (χ3n) is 4.42. The molecule has 2 N–H and O–H groups in total. The predicted molar refractivity (Wildman–Crippen MR) is 105 cm³/mol. The van der Waals surface area contributed by atoms with Crippen LogP contribution in [0, 0.1) is 0 Å². The zero-order chi connectivity index (χ0) is 19.9. The van der Waals surface area contributed by atoms with E-state index >= 15 is 0 Å². The molecule has 1 fully saturated rings. The molecule has 2 aromatic rings. The zero-order valence-electron chi connectivity index (χ0n) is 15.7. The third kappa shape index (κ3) is 5.09. The number of anilines is 1. The lowest BCUT2D eigenvalue weighted by atomic mass is 10.2. The van der Waals surface area contributed by atoms with E-state index < -0.39 is 5.97 Å². The fraction of sp³-hybridized carbons (Fsp3) is 0.286. The number of rotatable bonds is 6. The monoisotopic (exact) mass is 381 g/mol. The molecule has 1 saturated heterocycles. The lowest BCUT2D eigenvalue weighted by molar-refractivity contribution is -0.128. The normalized spacial score (nSPS) is 16.0. The second kappa shape index (κ2) is 9.03. The molecule has 0 aliphatic carbocycles. The molecule has 0 saturated carbocycles. The van der Waals surface area contributed by atoms with E-state index in [9.17, 15) is 14.4 Å². The molecule has 7 heteroatoms. The van der Waals surface area contributed by atoms with E-state index in [4.69, 9.17) is 4.74 Å². The van der Waals surface area contributed by atoms with Gasteiger partial charge in [-0.3, -0.25) is 4.79 Å². The molecular formula is C21H23N3O4. The minimum atomic E-state index is -0.401. The first-order chi connectivity index (χ1) is 13.5. The molecule has 7 nitrogen and oxygen atoms in total. The van der Waals surface area contributed by atoms with Crippen molar-refractivity contribution in [2.75, 3.05) is 18.5 Å². The molecule has 1 atom stereocenters. The molecule has 1 aliphatic rings. The van der Waals surface area contributed by atoms with Gasteiger partial charge in [0.05, 0.1) is 18.2 Å². The summed E-state index contributed by atoms with van der Waals surface area (Å²) in [4.78, 5) is 37.8. The van der Waals surface area contributed by atoms with Crippen LogP contribution in [-0.2, 0) is 16.1 Å². The lowest BCUT2D eigenvalue weighted by Crippen LogP contribution is -2.39. The van der Waals surface area contributed by atoms with Crippen molar-refractivity contribution in [2.45, 2.75) is 25.9 Å². The van der Waals surface area contributed by atoms with Gasteiger partial charge in [-0.05, 0) is 36.8 Å². The highest BCUT2D eigenvalue weighted by molar-refractivity contribution is 5.93. The largest absolute Gasteiger partial charge is 0.462 e. The maximum atomic E-state index is 12.2. The van der Waals surface area contributed by atoms with Gasteiger partial charge in [0.25, 0.3) is 0 Å². The Labute approximate surface area is 163 Å². The highest BCUT2D eigenvalue weighted by Crippen LogP contribution is 2.16. The summed E-state index contributed by atoms with van der Waals surface area (Å²) in [5.74, 6) is -0.380. The Morgan fingerprint density at radius 3 is 2.50 bits per heavy atom. The van der Waals surface area contributed by atoms with Crippen LogP contribution < -0.4 is 10.6 Å². The average molecular weight is 381 g/mol. The summed E-state index contributed by atoms with van der Waals surface area (Å²) in [5.41, 5.74) is 2.03. The number of hydrogen-bond acceptors (Lipinski definition) is 4. The molecule has 0 spiro atoms. The van der Waals surface area contributed by atoms with Crippen LogP contribution in [0.4, 0.5) is 10.5 Å². The van der Waals surface area contributed by atoms with Gasteiger partial charge in [-0.25, -0.2) is 9.59 Å². The van der Waals surface area contributed by atoms with E-state index in [1.807, 2.05) is 30.3 Å². The molecule has 3 amide bonds. The van der Waals surface area contributed by atoms with Crippen molar-refractivity contribution in [2.24, 2.45) is 0 Å². The van der Waals surface area contributed by atoms with Crippen molar-refractivity contribution >= 4 is 23.6 Å². The van der Waals surface area contributed by atoms with E-state index in [0.717, 1.165) is 5.56 Å². The van der Waals surface area contributed by atoms with E-state index in [-0.39, 0.29) is 24.4 Å². The number of amides is 3. The Kier molecular flexibility index (Phi) is 6.26. The summed E-state index contributed by atoms with van der Waals surface area (Å²) in [7, 11) is 0. The molecule has 0 aromatic heterocycles. The average Bonchev–Trinajstić information content (AvgIpc) is 3.02. The van der Waals surface area contributed by atoms with Gasteiger partial charge in [-0.15, -0.1) is 0 Å². The van der Waals surface area contributed by atoms with Crippen molar-refractivity contribution in [3.63, 3.8) is 0 Å². The third-order valence-corrected chi connectivity index (χ3v) is 4.42.